The molecule has 0 unspecified atom stereocenters. The van der Waals surface area contributed by atoms with Crippen molar-refractivity contribution in [2.24, 2.45) is 0 Å². The Bertz CT molecular complexity index is 1140. The third-order valence-corrected chi connectivity index (χ3v) is 5.00. The fourth-order valence-electron chi connectivity index (χ4n) is 3.19. The zero-order valence-corrected chi connectivity index (χ0v) is 19.4. The number of aliphatic hydroxyl groups excluding tert-OH is 1. The summed E-state index contributed by atoms with van der Waals surface area (Å²) < 4.78 is 11.1. The average molecular weight is 476 g/mol. The van der Waals surface area contributed by atoms with Gasteiger partial charge in [0.1, 0.15) is 18.5 Å². The second-order valence-electron chi connectivity index (χ2n) is 7.74. The Balaban J connectivity index is 1.68. The number of hydrogen-bond donors (Lipinski definition) is 4. The van der Waals surface area contributed by atoms with E-state index in [-0.39, 0.29) is 25.5 Å². The molecule has 0 saturated carbocycles. The van der Waals surface area contributed by atoms with Gasteiger partial charge in [-0.2, -0.15) is 0 Å². The number of nitrogen functional groups attached to an aromatic ring is 1. The van der Waals surface area contributed by atoms with Crippen molar-refractivity contribution >= 4 is 29.1 Å². The summed E-state index contributed by atoms with van der Waals surface area (Å²) in [6.07, 6.45) is 2.00. The second-order valence-corrected chi connectivity index (χ2v) is 7.74. The van der Waals surface area contributed by atoms with Gasteiger partial charge in [0, 0.05) is 12.1 Å². The van der Waals surface area contributed by atoms with Crippen LogP contribution in [0.1, 0.15) is 23.7 Å². The summed E-state index contributed by atoms with van der Waals surface area (Å²) in [5.41, 5.74) is 9.26. The summed E-state index contributed by atoms with van der Waals surface area (Å²) in [4.78, 5) is 24.9. The number of aryl methyl sites for hydroxylation is 1. The molecule has 0 aromatic heterocycles. The zero-order valence-electron chi connectivity index (χ0n) is 19.4. The van der Waals surface area contributed by atoms with E-state index in [0.717, 1.165) is 11.1 Å². The van der Waals surface area contributed by atoms with E-state index in [9.17, 15) is 9.59 Å². The van der Waals surface area contributed by atoms with Crippen LogP contribution in [0.5, 0.6) is 5.75 Å². The van der Waals surface area contributed by atoms with Gasteiger partial charge in [-0.25, -0.2) is 4.79 Å². The molecule has 5 N–H and O–H groups in total. The first-order chi connectivity index (χ1) is 16.9. The molecule has 0 heterocycles. The molecule has 0 saturated heterocycles. The van der Waals surface area contributed by atoms with Crippen molar-refractivity contribution in [3.05, 3.63) is 96.1 Å². The highest BCUT2D eigenvalue weighted by Gasteiger charge is 2.16. The van der Waals surface area contributed by atoms with Crippen LogP contribution in [0.2, 0.25) is 0 Å². The lowest BCUT2D eigenvalue weighted by molar-refractivity contribution is -0.111. The van der Waals surface area contributed by atoms with Gasteiger partial charge in [-0.3, -0.25) is 10.1 Å². The van der Waals surface area contributed by atoms with Crippen molar-refractivity contribution in [3.63, 3.8) is 0 Å². The number of hydrogen-bond acceptors (Lipinski definition) is 6. The number of anilines is 3. The molecular formula is C27H29N3O5. The Morgan fingerprint density at radius 2 is 1.71 bits per heavy atom. The van der Waals surface area contributed by atoms with Crippen molar-refractivity contribution < 1.29 is 24.2 Å². The number of nitrogens with two attached hydrogens (primary N) is 1. The normalized spacial score (nSPS) is 11.6. The summed E-state index contributed by atoms with van der Waals surface area (Å²) in [6.45, 7) is 2.05. The van der Waals surface area contributed by atoms with Gasteiger partial charge in [0.25, 0.3) is 0 Å². The standard InChI is InChI=1S/C27H29N3O5/c1-19-9-13-21(14-10-19)29-27(33)35-25(20-11-15-22(16-12-20)34-18-17-31)7-4-8-26(32)30-24-6-3-2-5-23(24)28/h2-6,8-16,25,31H,7,17-18,28H2,1H3,(H,29,33)(H,30,32)/b8-4+/t25-/m0/s1. The van der Waals surface area contributed by atoms with E-state index in [2.05, 4.69) is 10.6 Å². The predicted molar refractivity (Wildman–Crippen MR) is 136 cm³/mol. The molecule has 182 valence electrons. The summed E-state index contributed by atoms with van der Waals surface area (Å²) >= 11 is 0. The van der Waals surface area contributed by atoms with E-state index in [1.165, 1.54) is 6.08 Å². The third kappa shape index (κ3) is 8.21. The largest absolute Gasteiger partial charge is 0.491 e. The van der Waals surface area contributed by atoms with E-state index < -0.39 is 12.2 Å². The molecule has 0 aliphatic carbocycles. The topological polar surface area (TPSA) is 123 Å². The highest BCUT2D eigenvalue weighted by atomic mass is 16.6. The lowest BCUT2D eigenvalue weighted by atomic mass is 10.1. The Morgan fingerprint density at radius 3 is 2.40 bits per heavy atom. The van der Waals surface area contributed by atoms with Crippen LogP contribution in [0.15, 0.2) is 84.9 Å². The van der Waals surface area contributed by atoms with Gasteiger partial charge >= 0.3 is 6.09 Å². The molecule has 8 heteroatoms. The number of benzene rings is 3. The van der Waals surface area contributed by atoms with Gasteiger partial charge in [0.2, 0.25) is 5.91 Å². The Kier molecular flexibility index (Phi) is 9.27. The van der Waals surface area contributed by atoms with E-state index >= 15 is 0 Å². The molecule has 8 nitrogen and oxygen atoms in total. The molecule has 3 rings (SSSR count). The first-order valence-corrected chi connectivity index (χ1v) is 11.1. The minimum atomic E-state index is -0.654. The molecule has 35 heavy (non-hydrogen) atoms. The average Bonchev–Trinajstić information content (AvgIpc) is 2.85. The van der Waals surface area contributed by atoms with E-state index in [4.69, 9.17) is 20.3 Å². The van der Waals surface area contributed by atoms with Gasteiger partial charge in [-0.05, 0) is 55.0 Å². The molecule has 3 aromatic rings. The number of aliphatic hydroxyl groups is 1. The molecular weight excluding hydrogens is 446 g/mol. The fraction of sp³-hybridized carbons (Fsp3) is 0.185. The molecule has 0 radical (unpaired) electrons. The van der Waals surface area contributed by atoms with E-state index in [0.29, 0.717) is 22.8 Å². The molecule has 0 aliphatic rings. The van der Waals surface area contributed by atoms with Crippen molar-refractivity contribution in [1.82, 2.24) is 0 Å². The zero-order chi connectivity index (χ0) is 25.0. The monoisotopic (exact) mass is 475 g/mol. The van der Waals surface area contributed by atoms with Crippen LogP contribution < -0.4 is 21.1 Å². The quantitative estimate of drug-likeness (QED) is 0.246. The first kappa shape index (κ1) is 25.3. The summed E-state index contributed by atoms with van der Waals surface area (Å²) in [5.74, 6) is 0.236. The van der Waals surface area contributed by atoms with Crippen LogP contribution >= 0.6 is 0 Å². The molecule has 0 fully saturated rings. The predicted octanol–water partition coefficient (Wildman–Crippen LogP) is 4.82. The lowest BCUT2D eigenvalue weighted by Gasteiger charge is -2.18. The smallest absolute Gasteiger partial charge is 0.412 e. The lowest BCUT2D eigenvalue weighted by Crippen LogP contribution is -2.17. The number of ether oxygens (including phenoxy) is 2. The van der Waals surface area contributed by atoms with Crippen molar-refractivity contribution in [2.75, 3.05) is 29.6 Å². The Morgan fingerprint density at radius 1 is 1.00 bits per heavy atom. The highest BCUT2D eigenvalue weighted by Crippen LogP contribution is 2.25. The molecule has 0 aliphatic heterocycles. The van der Waals surface area contributed by atoms with E-state index in [1.807, 2.05) is 19.1 Å². The Hall–Kier alpha value is -4.30. The van der Waals surface area contributed by atoms with Crippen LogP contribution in [0, 0.1) is 6.92 Å². The van der Waals surface area contributed by atoms with Crippen LogP contribution in [-0.4, -0.2) is 30.3 Å². The maximum atomic E-state index is 12.6. The van der Waals surface area contributed by atoms with Gasteiger partial charge in [0.15, 0.2) is 0 Å². The SMILES string of the molecule is Cc1ccc(NC(=O)O[C@@H](C/C=C/C(=O)Nc2ccccc2N)c2ccc(OCCO)cc2)cc1. The van der Waals surface area contributed by atoms with E-state index in [1.54, 1.807) is 66.7 Å². The molecule has 1 atom stereocenters. The maximum absolute atomic E-state index is 12.6. The number of rotatable bonds is 10. The second kappa shape index (κ2) is 12.8. The van der Waals surface area contributed by atoms with Crippen LogP contribution in [0.25, 0.3) is 0 Å². The molecule has 0 spiro atoms. The number of carbonyl (C=O) groups is 2. The van der Waals surface area contributed by atoms with Crippen molar-refractivity contribution in [3.8, 4) is 5.75 Å². The fourth-order valence-corrected chi connectivity index (χ4v) is 3.19. The molecule has 2 amide bonds. The van der Waals surface area contributed by atoms with Crippen LogP contribution in [-0.2, 0) is 9.53 Å². The van der Waals surface area contributed by atoms with Crippen LogP contribution in [0.3, 0.4) is 0 Å². The number of nitrogens with one attached hydrogen (secondary N) is 2. The Labute approximate surface area is 204 Å². The maximum Gasteiger partial charge on any atom is 0.412 e. The molecule has 3 aromatic carbocycles. The minimum absolute atomic E-state index is 0.0891. The first-order valence-electron chi connectivity index (χ1n) is 11.1. The summed E-state index contributed by atoms with van der Waals surface area (Å²) in [5, 5.41) is 14.4. The van der Waals surface area contributed by atoms with Crippen LogP contribution in [0.4, 0.5) is 21.9 Å². The van der Waals surface area contributed by atoms with Crippen molar-refractivity contribution in [1.29, 1.82) is 0 Å². The van der Waals surface area contributed by atoms with Crippen molar-refractivity contribution in [2.45, 2.75) is 19.4 Å². The highest BCUT2D eigenvalue weighted by molar-refractivity contribution is 6.01. The van der Waals surface area contributed by atoms with Gasteiger partial charge in [-0.15, -0.1) is 0 Å². The summed E-state index contributed by atoms with van der Waals surface area (Å²) in [6, 6.07) is 21.3. The number of amides is 2. The van der Waals surface area contributed by atoms with Gasteiger partial charge < -0.3 is 25.6 Å². The minimum Gasteiger partial charge on any atom is -0.491 e. The van der Waals surface area contributed by atoms with Gasteiger partial charge in [0.05, 0.1) is 18.0 Å². The number of para-hydroxylation sites is 2. The third-order valence-electron chi connectivity index (χ3n) is 5.00. The molecule has 0 bridgehead atoms. The summed E-state index contributed by atoms with van der Waals surface area (Å²) in [7, 11) is 0. The number of carbonyl (C=O) groups excluding carboxylic acids is 2. The van der Waals surface area contributed by atoms with Gasteiger partial charge in [-0.1, -0.05) is 48.0 Å².